The zero-order chi connectivity index (χ0) is 17.4. The van der Waals surface area contributed by atoms with E-state index in [0.717, 1.165) is 10.7 Å². The van der Waals surface area contributed by atoms with E-state index in [-0.39, 0.29) is 12.2 Å². The topological polar surface area (TPSA) is 60.2 Å². The molecule has 4 aromatic rings. The van der Waals surface area contributed by atoms with Crippen LogP contribution >= 0.6 is 11.3 Å². The van der Waals surface area contributed by atoms with Crippen LogP contribution in [0, 0.1) is 12.9 Å². The first-order valence-corrected chi connectivity index (χ1v) is 8.51. The van der Waals surface area contributed by atoms with Gasteiger partial charge in [-0.2, -0.15) is 4.39 Å². The Morgan fingerprint density at radius 1 is 1.32 bits per heavy atom. The van der Waals surface area contributed by atoms with Crippen LogP contribution in [0.15, 0.2) is 48.4 Å². The molecule has 0 aliphatic heterocycles. The molecule has 0 saturated carbocycles. The van der Waals surface area contributed by atoms with Crippen molar-refractivity contribution in [3.63, 3.8) is 0 Å². The molecular formula is C18H13FN4OS. The maximum atomic E-state index is 14.1. The number of Topliss-reactive ketones (excluding diaryl/α,β-unsaturated/α-hetero) is 1. The molecule has 4 rings (SSSR count). The van der Waals surface area contributed by atoms with Crippen LogP contribution < -0.4 is 0 Å². The number of halogens is 1. The van der Waals surface area contributed by atoms with Crippen molar-refractivity contribution in [1.82, 2.24) is 19.4 Å². The Hall–Kier alpha value is -2.93. The van der Waals surface area contributed by atoms with Gasteiger partial charge in [0.25, 0.3) is 0 Å². The Morgan fingerprint density at radius 3 is 2.96 bits per heavy atom. The molecule has 0 saturated heterocycles. The number of nitrogens with zero attached hydrogens (tertiary/aromatic N) is 4. The molecule has 7 heteroatoms. The minimum atomic E-state index is -0.573. The average molecular weight is 352 g/mol. The molecule has 4 heterocycles. The van der Waals surface area contributed by atoms with Gasteiger partial charge in [-0.1, -0.05) is 0 Å². The Kier molecular flexibility index (Phi) is 3.85. The van der Waals surface area contributed by atoms with E-state index in [0.29, 0.717) is 22.3 Å². The van der Waals surface area contributed by atoms with Gasteiger partial charge in [-0.3, -0.25) is 4.79 Å². The molecule has 0 bridgehead atoms. The second-order valence-electron chi connectivity index (χ2n) is 5.62. The van der Waals surface area contributed by atoms with Crippen molar-refractivity contribution in [2.24, 2.45) is 0 Å². The summed E-state index contributed by atoms with van der Waals surface area (Å²) in [6.45, 7) is 1.89. The fraction of sp³-hybridized carbons (Fsp3) is 0.111. The molecule has 0 amide bonds. The molecule has 0 atom stereocenters. The highest BCUT2D eigenvalue weighted by Crippen LogP contribution is 2.25. The molecule has 5 nitrogen and oxygen atoms in total. The van der Waals surface area contributed by atoms with Crippen molar-refractivity contribution < 1.29 is 9.18 Å². The normalized spacial score (nSPS) is 11.1. The minimum Gasteiger partial charge on any atom is -0.306 e. The van der Waals surface area contributed by atoms with Crippen LogP contribution in [-0.4, -0.2) is 25.1 Å². The number of ketones is 1. The minimum absolute atomic E-state index is 0.100. The van der Waals surface area contributed by atoms with Crippen molar-refractivity contribution in [3.05, 3.63) is 70.6 Å². The van der Waals surface area contributed by atoms with Crippen molar-refractivity contribution in [2.45, 2.75) is 13.3 Å². The quantitative estimate of drug-likeness (QED) is 0.415. The van der Waals surface area contributed by atoms with Gasteiger partial charge in [-0.25, -0.2) is 15.0 Å². The number of hydrogen-bond acceptors (Lipinski definition) is 5. The van der Waals surface area contributed by atoms with Gasteiger partial charge in [0.05, 0.1) is 12.0 Å². The fourth-order valence-corrected chi connectivity index (χ4v) is 3.47. The fourth-order valence-electron chi connectivity index (χ4n) is 2.70. The van der Waals surface area contributed by atoms with Crippen molar-refractivity contribution in [2.75, 3.05) is 0 Å². The van der Waals surface area contributed by atoms with E-state index < -0.39 is 5.95 Å². The number of pyridine rings is 2. The number of fused-ring (bicyclic) bond motifs is 1. The molecule has 4 aromatic heterocycles. The molecule has 0 aliphatic carbocycles. The number of aryl methyl sites for hydroxylation is 1. The monoisotopic (exact) mass is 352 g/mol. The molecule has 124 valence electrons. The summed E-state index contributed by atoms with van der Waals surface area (Å²) in [7, 11) is 0. The molecule has 0 aliphatic rings. The summed E-state index contributed by atoms with van der Waals surface area (Å²) in [4.78, 5) is 25.1. The molecule has 0 N–H and O–H groups in total. The van der Waals surface area contributed by atoms with Crippen LogP contribution in [0.2, 0.25) is 0 Å². The number of imidazole rings is 1. The number of hydrogen-bond donors (Lipinski definition) is 0. The van der Waals surface area contributed by atoms with Crippen LogP contribution in [0.25, 0.3) is 16.8 Å². The molecule has 0 unspecified atom stereocenters. The van der Waals surface area contributed by atoms with Crippen LogP contribution in [0.3, 0.4) is 0 Å². The van der Waals surface area contributed by atoms with E-state index in [2.05, 4.69) is 15.0 Å². The highest BCUT2D eigenvalue weighted by atomic mass is 32.1. The third-order valence-electron chi connectivity index (χ3n) is 3.84. The summed E-state index contributed by atoms with van der Waals surface area (Å²) in [6.07, 6.45) is 6.68. The maximum Gasteiger partial charge on any atom is 0.220 e. The first kappa shape index (κ1) is 15.6. The summed E-state index contributed by atoms with van der Waals surface area (Å²) in [5.41, 5.74) is 2.81. The van der Waals surface area contributed by atoms with E-state index >= 15 is 0 Å². The lowest BCUT2D eigenvalue weighted by molar-refractivity contribution is 0.0994. The smallest absolute Gasteiger partial charge is 0.220 e. The van der Waals surface area contributed by atoms with E-state index in [1.807, 2.05) is 12.3 Å². The van der Waals surface area contributed by atoms with E-state index in [9.17, 15) is 9.18 Å². The third kappa shape index (κ3) is 2.94. The maximum absolute atomic E-state index is 14.1. The summed E-state index contributed by atoms with van der Waals surface area (Å²) in [5.74, 6) is -0.674. The van der Waals surface area contributed by atoms with Crippen molar-refractivity contribution in [1.29, 1.82) is 0 Å². The standard InChI is InChI=1S/C18H13FN4OS/c1-11-10-25-16(22-11)8-15(24)14-7-12(9-23-6-5-21-18(14)23)13-3-2-4-20-17(13)19/h2-7,9-10H,8H2,1H3. The lowest BCUT2D eigenvalue weighted by Crippen LogP contribution is -2.07. The largest absolute Gasteiger partial charge is 0.306 e. The Labute approximate surface area is 146 Å². The summed E-state index contributed by atoms with van der Waals surface area (Å²) < 4.78 is 15.8. The van der Waals surface area contributed by atoms with Crippen LogP contribution in [0.4, 0.5) is 4.39 Å². The SMILES string of the molecule is Cc1csc(CC(=O)c2cc(-c3cccnc3F)cn3ccnc23)n1. The van der Waals surface area contributed by atoms with Crippen LogP contribution in [-0.2, 0) is 6.42 Å². The van der Waals surface area contributed by atoms with Gasteiger partial charge < -0.3 is 4.40 Å². The molecular weight excluding hydrogens is 339 g/mol. The Bertz CT molecular complexity index is 1090. The van der Waals surface area contributed by atoms with Crippen LogP contribution in [0.1, 0.15) is 21.1 Å². The zero-order valence-electron chi connectivity index (χ0n) is 13.3. The van der Waals surface area contributed by atoms with Gasteiger partial charge in [-0.05, 0) is 25.1 Å². The molecule has 0 spiro atoms. The van der Waals surface area contributed by atoms with Gasteiger partial charge >= 0.3 is 0 Å². The number of carbonyl (C=O) groups is 1. The molecule has 25 heavy (non-hydrogen) atoms. The molecule has 0 aromatic carbocycles. The second-order valence-corrected chi connectivity index (χ2v) is 6.57. The lowest BCUT2D eigenvalue weighted by Gasteiger charge is -2.08. The van der Waals surface area contributed by atoms with Gasteiger partial charge in [-0.15, -0.1) is 11.3 Å². The van der Waals surface area contributed by atoms with Crippen LogP contribution in [0.5, 0.6) is 0 Å². The van der Waals surface area contributed by atoms with Gasteiger partial charge in [0.15, 0.2) is 5.78 Å². The molecule has 0 radical (unpaired) electrons. The number of aromatic nitrogens is 4. The van der Waals surface area contributed by atoms with Gasteiger partial charge in [0.2, 0.25) is 5.95 Å². The predicted octanol–water partition coefficient (Wildman–Crippen LogP) is 3.73. The number of rotatable bonds is 4. The first-order chi connectivity index (χ1) is 12.1. The van der Waals surface area contributed by atoms with Gasteiger partial charge in [0.1, 0.15) is 10.7 Å². The highest BCUT2D eigenvalue weighted by molar-refractivity contribution is 7.09. The predicted molar refractivity (Wildman–Crippen MR) is 93.3 cm³/mol. The summed E-state index contributed by atoms with van der Waals surface area (Å²) >= 11 is 1.45. The Balaban J connectivity index is 1.81. The van der Waals surface area contributed by atoms with Gasteiger partial charge in [0, 0.05) is 47.0 Å². The summed E-state index contributed by atoms with van der Waals surface area (Å²) in [5, 5.41) is 2.67. The second kappa shape index (κ2) is 6.18. The third-order valence-corrected chi connectivity index (χ3v) is 4.80. The van der Waals surface area contributed by atoms with E-state index in [4.69, 9.17) is 0 Å². The van der Waals surface area contributed by atoms with E-state index in [1.54, 1.807) is 41.2 Å². The molecule has 0 fully saturated rings. The lowest BCUT2D eigenvalue weighted by atomic mass is 10.0. The van der Waals surface area contributed by atoms with Crippen molar-refractivity contribution >= 4 is 22.8 Å². The summed E-state index contributed by atoms with van der Waals surface area (Å²) in [6, 6.07) is 4.97. The number of carbonyl (C=O) groups excluding carboxylic acids is 1. The van der Waals surface area contributed by atoms with Crippen molar-refractivity contribution in [3.8, 4) is 11.1 Å². The Morgan fingerprint density at radius 2 is 2.20 bits per heavy atom. The zero-order valence-corrected chi connectivity index (χ0v) is 14.1. The van der Waals surface area contributed by atoms with E-state index in [1.165, 1.54) is 17.5 Å². The first-order valence-electron chi connectivity index (χ1n) is 7.63. The number of thiazole rings is 1. The highest BCUT2D eigenvalue weighted by Gasteiger charge is 2.17. The average Bonchev–Trinajstić information content (AvgIpc) is 3.23.